The van der Waals surface area contributed by atoms with Crippen molar-refractivity contribution in [3.05, 3.63) is 63.5 Å². The highest BCUT2D eigenvalue weighted by molar-refractivity contribution is 9.10. The average molecular weight is 392 g/mol. The van der Waals surface area contributed by atoms with Gasteiger partial charge < -0.3 is 5.11 Å². The minimum absolute atomic E-state index is 0.251. The summed E-state index contributed by atoms with van der Waals surface area (Å²) in [6.45, 7) is 0. The van der Waals surface area contributed by atoms with E-state index in [-0.39, 0.29) is 4.91 Å². The van der Waals surface area contributed by atoms with E-state index in [0.717, 1.165) is 24.6 Å². The van der Waals surface area contributed by atoms with Crippen molar-refractivity contribution in [2.24, 2.45) is 0 Å². The maximum absolute atomic E-state index is 11.5. The van der Waals surface area contributed by atoms with Crippen LogP contribution in [0.2, 0.25) is 0 Å². The van der Waals surface area contributed by atoms with Gasteiger partial charge in [-0.3, -0.25) is 0 Å². The monoisotopic (exact) mass is 391 g/mol. The topological polar surface area (TPSA) is 50.2 Å². The van der Waals surface area contributed by atoms with Crippen LogP contribution in [0.4, 0.5) is 0 Å². The lowest BCUT2D eigenvalue weighted by atomic mass is 10.2. The van der Waals surface area contributed by atoms with Crippen LogP contribution in [0.1, 0.15) is 5.56 Å². The number of carboxylic acid groups (broad SMARTS) is 1. The fourth-order valence-electron chi connectivity index (χ4n) is 1.83. The zero-order chi connectivity index (χ0) is 15.5. The van der Waals surface area contributed by atoms with Gasteiger partial charge in [-0.25, -0.2) is 9.78 Å². The van der Waals surface area contributed by atoms with Crippen LogP contribution in [0.5, 0.6) is 0 Å². The number of thiazole rings is 1. The van der Waals surface area contributed by atoms with Crippen LogP contribution in [0, 0.1) is 0 Å². The SMILES string of the molecule is O=C(O)/C(=C/c1ccc(Br)cc1)Sc1nc2ccccc2s1. The number of fused-ring (bicyclic) bond motifs is 1. The molecule has 0 aliphatic carbocycles. The smallest absolute Gasteiger partial charge is 0.342 e. The number of aromatic nitrogens is 1. The first-order valence-electron chi connectivity index (χ1n) is 6.36. The van der Waals surface area contributed by atoms with Crippen molar-refractivity contribution in [2.75, 3.05) is 0 Å². The quantitative estimate of drug-likeness (QED) is 0.485. The molecule has 110 valence electrons. The molecule has 0 aliphatic rings. The van der Waals surface area contributed by atoms with E-state index in [9.17, 15) is 9.90 Å². The largest absolute Gasteiger partial charge is 0.477 e. The molecule has 0 aliphatic heterocycles. The lowest BCUT2D eigenvalue weighted by Gasteiger charge is -2.00. The summed E-state index contributed by atoms with van der Waals surface area (Å²) >= 11 is 6.04. The summed E-state index contributed by atoms with van der Waals surface area (Å²) in [6, 6.07) is 15.3. The molecule has 6 heteroatoms. The summed E-state index contributed by atoms with van der Waals surface area (Å²) in [5, 5.41) is 9.40. The van der Waals surface area contributed by atoms with Crippen molar-refractivity contribution < 1.29 is 9.90 Å². The standard InChI is InChI=1S/C16H10BrNO2S2/c17-11-7-5-10(6-8-11)9-14(15(19)20)22-16-18-12-3-1-2-4-13(12)21-16/h1-9H,(H,19,20)/b14-9-. The van der Waals surface area contributed by atoms with Gasteiger partial charge in [-0.05, 0) is 35.9 Å². The van der Waals surface area contributed by atoms with Gasteiger partial charge in [0.2, 0.25) is 0 Å². The second kappa shape index (κ2) is 6.64. The molecule has 0 unspecified atom stereocenters. The van der Waals surface area contributed by atoms with Crippen LogP contribution in [0.3, 0.4) is 0 Å². The first-order valence-corrected chi connectivity index (χ1v) is 8.78. The summed E-state index contributed by atoms with van der Waals surface area (Å²) in [5.41, 5.74) is 1.73. The molecule has 1 aromatic heterocycles. The number of nitrogens with zero attached hydrogens (tertiary/aromatic N) is 1. The third-order valence-electron chi connectivity index (χ3n) is 2.85. The highest BCUT2D eigenvalue weighted by atomic mass is 79.9. The average Bonchev–Trinajstić information content (AvgIpc) is 2.91. The highest BCUT2D eigenvalue weighted by Crippen LogP contribution is 2.34. The summed E-state index contributed by atoms with van der Waals surface area (Å²) < 4.78 is 2.74. The van der Waals surface area contributed by atoms with Gasteiger partial charge in [0.25, 0.3) is 0 Å². The maximum Gasteiger partial charge on any atom is 0.342 e. The number of para-hydroxylation sites is 1. The molecule has 1 N–H and O–H groups in total. The molecular formula is C16H10BrNO2S2. The molecule has 0 fully saturated rings. The molecule has 22 heavy (non-hydrogen) atoms. The normalized spacial score (nSPS) is 11.8. The Morgan fingerprint density at radius 1 is 1.18 bits per heavy atom. The Hall–Kier alpha value is -1.63. The molecule has 3 aromatic rings. The lowest BCUT2D eigenvalue weighted by molar-refractivity contribution is -0.131. The van der Waals surface area contributed by atoms with E-state index in [0.29, 0.717) is 0 Å². The number of halogens is 1. The zero-order valence-corrected chi connectivity index (χ0v) is 14.4. The number of aliphatic carboxylic acids is 1. The van der Waals surface area contributed by atoms with Crippen LogP contribution < -0.4 is 0 Å². The van der Waals surface area contributed by atoms with Crippen LogP contribution in [0.25, 0.3) is 16.3 Å². The molecule has 0 amide bonds. The number of rotatable bonds is 4. The Balaban J connectivity index is 1.91. The van der Waals surface area contributed by atoms with E-state index < -0.39 is 5.97 Å². The lowest BCUT2D eigenvalue weighted by Crippen LogP contribution is -1.96. The Morgan fingerprint density at radius 3 is 2.59 bits per heavy atom. The minimum atomic E-state index is -0.952. The number of carboxylic acids is 1. The highest BCUT2D eigenvalue weighted by Gasteiger charge is 2.13. The van der Waals surface area contributed by atoms with Crippen molar-refractivity contribution in [2.45, 2.75) is 4.34 Å². The first kappa shape index (κ1) is 15.3. The van der Waals surface area contributed by atoms with Crippen molar-refractivity contribution >= 4 is 61.3 Å². The van der Waals surface area contributed by atoms with Crippen LogP contribution in [-0.4, -0.2) is 16.1 Å². The van der Waals surface area contributed by atoms with E-state index in [1.807, 2.05) is 48.5 Å². The molecule has 0 atom stereocenters. The number of thioether (sulfide) groups is 1. The van der Waals surface area contributed by atoms with Crippen LogP contribution >= 0.6 is 39.0 Å². The molecule has 1 heterocycles. The Labute approximate surface area is 143 Å². The van der Waals surface area contributed by atoms with Crippen molar-refractivity contribution in [3.63, 3.8) is 0 Å². The number of benzene rings is 2. The second-order valence-corrected chi connectivity index (χ2v) is 7.65. The van der Waals surface area contributed by atoms with E-state index in [1.165, 1.54) is 23.1 Å². The third-order valence-corrected chi connectivity index (χ3v) is 5.49. The van der Waals surface area contributed by atoms with Crippen LogP contribution in [0.15, 0.2) is 62.2 Å². The van der Waals surface area contributed by atoms with Gasteiger partial charge in [-0.15, -0.1) is 11.3 Å². The van der Waals surface area contributed by atoms with Crippen molar-refractivity contribution in [1.82, 2.24) is 4.98 Å². The van der Waals surface area contributed by atoms with Gasteiger partial charge in [0.05, 0.1) is 10.2 Å². The van der Waals surface area contributed by atoms with E-state index in [1.54, 1.807) is 6.08 Å². The molecule has 0 spiro atoms. The van der Waals surface area contributed by atoms with Gasteiger partial charge in [0, 0.05) is 4.47 Å². The van der Waals surface area contributed by atoms with Crippen LogP contribution in [-0.2, 0) is 4.79 Å². The van der Waals surface area contributed by atoms with Gasteiger partial charge in [0.15, 0.2) is 4.34 Å². The van der Waals surface area contributed by atoms with Gasteiger partial charge in [0.1, 0.15) is 4.91 Å². The number of hydrogen-bond acceptors (Lipinski definition) is 4. The summed E-state index contributed by atoms with van der Waals surface area (Å²) in [6.07, 6.45) is 1.66. The maximum atomic E-state index is 11.5. The predicted molar refractivity (Wildman–Crippen MR) is 95.2 cm³/mol. The van der Waals surface area contributed by atoms with Gasteiger partial charge in [-0.2, -0.15) is 0 Å². The summed E-state index contributed by atoms with van der Waals surface area (Å²) in [7, 11) is 0. The molecule has 3 nitrogen and oxygen atoms in total. The molecule has 3 rings (SSSR count). The molecule has 0 saturated heterocycles. The molecule has 0 saturated carbocycles. The summed E-state index contributed by atoms with van der Waals surface area (Å²) in [5.74, 6) is -0.952. The molecule has 0 bridgehead atoms. The Bertz CT molecular complexity index is 823. The fraction of sp³-hybridized carbons (Fsp3) is 0. The van der Waals surface area contributed by atoms with Crippen molar-refractivity contribution in [1.29, 1.82) is 0 Å². The number of carbonyl (C=O) groups is 1. The van der Waals surface area contributed by atoms with E-state index in [2.05, 4.69) is 20.9 Å². The van der Waals surface area contributed by atoms with Crippen molar-refractivity contribution in [3.8, 4) is 0 Å². The predicted octanol–water partition coefficient (Wildman–Crippen LogP) is 5.28. The van der Waals surface area contributed by atoms with E-state index in [4.69, 9.17) is 0 Å². The number of hydrogen-bond donors (Lipinski definition) is 1. The first-order chi connectivity index (χ1) is 10.6. The Kier molecular flexibility index (Phi) is 4.61. The van der Waals surface area contributed by atoms with E-state index >= 15 is 0 Å². The fourth-order valence-corrected chi connectivity index (χ4v) is 4.12. The Morgan fingerprint density at radius 2 is 1.91 bits per heavy atom. The molecule has 0 radical (unpaired) electrons. The molecule has 2 aromatic carbocycles. The third kappa shape index (κ3) is 3.58. The van der Waals surface area contributed by atoms with Gasteiger partial charge >= 0.3 is 5.97 Å². The molecular weight excluding hydrogens is 382 g/mol. The van der Waals surface area contributed by atoms with Gasteiger partial charge in [-0.1, -0.05) is 52.0 Å². The zero-order valence-electron chi connectivity index (χ0n) is 11.2. The minimum Gasteiger partial charge on any atom is -0.477 e. The second-order valence-electron chi connectivity index (χ2n) is 4.41. The summed E-state index contributed by atoms with van der Waals surface area (Å²) in [4.78, 5) is 16.2.